The number of esters is 1. The van der Waals surface area contributed by atoms with Crippen LogP contribution in [0.3, 0.4) is 0 Å². The van der Waals surface area contributed by atoms with Crippen LogP contribution in [0, 0.1) is 5.92 Å². The summed E-state index contributed by atoms with van der Waals surface area (Å²) in [5.41, 5.74) is 3.05. The topological polar surface area (TPSA) is 38.8 Å². The molecule has 0 spiro atoms. The zero-order valence-electron chi connectivity index (χ0n) is 14.6. The minimum absolute atomic E-state index is 0.0293. The van der Waals surface area contributed by atoms with Crippen LogP contribution in [0.5, 0.6) is 0 Å². The molecule has 0 aromatic heterocycles. The highest BCUT2D eigenvalue weighted by Crippen LogP contribution is 2.50. The normalized spacial score (nSPS) is 38.4. The monoisotopic (exact) mass is 402 g/mol. The molecule has 0 amide bonds. The van der Waals surface area contributed by atoms with Crippen molar-refractivity contribution in [3.63, 3.8) is 0 Å². The molecule has 4 atom stereocenters. The Morgan fingerprint density at radius 1 is 1.36 bits per heavy atom. The van der Waals surface area contributed by atoms with Gasteiger partial charge in [0.2, 0.25) is 0 Å². The molecule has 2 fully saturated rings. The van der Waals surface area contributed by atoms with Crippen LogP contribution in [0.25, 0.3) is 6.08 Å². The second-order valence-corrected chi connectivity index (χ2v) is 8.53. The van der Waals surface area contributed by atoms with Gasteiger partial charge in [0.15, 0.2) is 0 Å². The second-order valence-electron chi connectivity index (χ2n) is 7.61. The number of rotatable bonds is 1. The van der Waals surface area contributed by atoms with Crippen LogP contribution >= 0.6 is 15.9 Å². The first-order valence-electron chi connectivity index (χ1n) is 8.98. The summed E-state index contributed by atoms with van der Waals surface area (Å²) in [7, 11) is 0. The number of halogens is 1. The van der Waals surface area contributed by atoms with E-state index in [1.807, 2.05) is 30.3 Å². The van der Waals surface area contributed by atoms with Crippen LogP contribution in [-0.4, -0.2) is 23.8 Å². The van der Waals surface area contributed by atoms with Crippen molar-refractivity contribution < 1.29 is 14.3 Å². The Bertz CT molecular complexity index is 766. The van der Waals surface area contributed by atoms with Gasteiger partial charge in [0.1, 0.15) is 12.2 Å². The number of carbonyl (C=O) groups excluding carboxylic acids is 1. The number of allylic oxidation sites excluding steroid dienone is 2. The minimum Gasteiger partial charge on any atom is -0.455 e. The minimum atomic E-state index is -0.186. The van der Waals surface area contributed by atoms with E-state index >= 15 is 0 Å². The van der Waals surface area contributed by atoms with Crippen LogP contribution in [0.4, 0.5) is 0 Å². The molecule has 1 aromatic carbocycles. The third-order valence-electron chi connectivity index (χ3n) is 5.67. The Kier molecular flexibility index (Phi) is 4.37. The third-order valence-corrected chi connectivity index (χ3v) is 6.16. The van der Waals surface area contributed by atoms with Crippen molar-refractivity contribution in [1.29, 1.82) is 0 Å². The summed E-state index contributed by atoms with van der Waals surface area (Å²) in [6, 6.07) is 8.01. The van der Waals surface area contributed by atoms with Crippen molar-refractivity contribution in [2.45, 2.75) is 57.3 Å². The van der Waals surface area contributed by atoms with Gasteiger partial charge >= 0.3 is 5.97 Å². The van der Waals surface area contributed by atoms with E-state index in [4.69, 9.17) is 9.47 Å². The number of fused-ring (bicyclic) bond motifs is 3. The largest absolute Gasteiger partial charge is 0.455 e. The van der Waals surface area contributed by atoms with Crippen LogP contribution in [0.2, 0.25) is 0 Å². The zero-order valence-corrected chi connectivity index (χ0v) is 16.2. The second kappa shape index (κ2) is 6.40. The molecule has 1 aliphatic carbocycles. The van der Waals surface area contributed by atoms with E-state index in [1.54, 1.807) is 0 Å². The molecule has 0 radical (unpaired) electrons. The molecule has 0 N–H and O–H groups in total. The molecule has 4 rings (SSSR count). The number of carbonyl (C=O) groups is 1. The van der Waals surface area contributed by atoms with Gasteiger partial charge in [0.05, 0.1) is 5.60 Å². The molecular weight excluding hydrogens is 380 g/mol. The van der Waals surface area contributed by atoms with Crippen molar-refractivity contribution in [2.75, 3.05) is 0 Å². The fourth-order valence-electron chi connectivity index (χ4n) is 4.10. The molecular formula is C21H23BrO3. The quantitative estimate of drug-likeness (QED) is 0.285. The van der Waals surface area contributed by atoms with Crippen molar-refractivity contribution in [3.05, 3.63) is 51.5 Å². The zero-order chi connectivity index (χ0) is 17.6. The lowest BCUT2D eigenvalue weighted by Gasteiger charge is -2.19. The van der Waals surface area contributed by atoms with Gasteiger partial charge in [-0.25, -0.2) is 4.79 Å². The molecule has 0 unspecified atom stereocenters. The van der Waals surface area contributed by atoms with Gasteiger partial charge in [-0.15, -0.1) is 0 Å². The van der Waals surface area contributed by atoms with Crippen molar-refractivity contribution in [3.8, 4) is 0 Å². The van der Waals surface area contributed by atoms with Gasteiger partial charge in [0, 0.05) is 16.0 Å². The molecule has 3 aliphatic rings. The number of hydrogen-bond donors (Lipinski definition) is 0. The summed E-state index contributed by atoms with van der Waals surface area (Å²) in [5, 5.41) is 0. The van der Waals surface area contributed by atoms with E-state index in [-0.39, 0.29) is 29.7 Å². The maximum atomic E-state index is 12.6. The molecule has 25 heavy (non-hydrogen) atoms. The number of epoxide rings is 1. The van der Waals surface area contributed by atoms with Crippen LogP contribution < -0.4 is 0 Å². The molecule has 2 saturated heterocycles. The van der Waals surface area contributed by atoms with Crippen LogP contribution in [-0.2, 0) is 14.3 Å². The van der Waals surface area contributed by atoms with E-state index in [0.29, 0.717) is 0 Å². The molecule has 3 nitrogen and oxygen atoms in total. The van der Waals surface area contributed by atoms with Gasteiger partial charge in [0.25, 0.3) is 0 Å². The van der Waals surface area contributed by atoms with Gasteiger partial charge in [-0.2, -0.15) is 0 Å². The number of ether oxygens (including phenoxy) is 2. The van der Waals surface area contributed by atoms with E-state index in [2.05, 4.69) is 35.9 Å². The lowest BCUT2D eigenvalue weighted by Crippen LogP contribution is -2.28. The Labute approximate surface area is 157 Å². The predicted molar refractivity (Wildman–Crippen MR) is 101 cm³/mol. The number of benzene rings is 1. The highest BCUT2D eigenvalue weighted by Gasteiger charge is 2.61. The van der Waals surface area contributed by atoms with Gasteiger partial charge in [-0.1, -0.05) is 39.7 Å². The predicted octanol–water partition coefficient (Wildman–Crippen LogP) is 5.05. The van der Waals surface area contributed by atoms with Crippen molar-refractivity contribution in [2.24, 2.45) is 5.92 Å². The summed E-state index contributed by atoms with van der Waals surface area (Å²) in [4.78, 5) is 12.6. The first-order valence-corrected chi connectivity index (χ1v) is 9.77. The molecule has 132 valence electrons. The lowest BCUT2D eigenvalue weighted by atomic mass is 9.83. The van der Waals surface area contributed by atoms with Gasteiger partial charge in [-0.3, -0.25) is 0 Å². The molecule has 2 heterocycles. The fourth-order valence-corrected chi connectivity index (χ4v) is 4.52. The van der Waals surface area contributed by atoms with Crippen molar-refractivity contribution >= 4 is 28.0 Å². The van der Waals surface area contributed by atoms with Crippen LogP contribution in [0.15, 0.2) is 46.0 Å². The SMILES string of the molecule is C/C1=C/CC[C@@]2(C)O[C@H]2[C@H]2OC(=O)/C(=C\c3cccc(Br)c3)[C@@H]2CC1. The number of hydrogen-bond acceptors (Lipinski definition) is 3. The highest BCUT2D eigenvalue weighted by atomic mass is 79.9. The molecule has 4 heteroatoms. The molecule has 1 aromatic rings. The lowest BCUT2D eigenvalue weighted by molar-refractivity contribution is -0.139. The Morgan fingerprint density at radius 2 is 2.20 bits per heavy atom. The summed E-state index contributed by atoms with van der Waals surface area (Å²) in [6.45, 7) is 4.32. The molecule has 0 saturated carbocycles. The Balaban J connectivity index is 1.68. The Morgan fingerprint density at radius 3 is 3.00 bits per heavy atom. The summed E-state index contributed by atoms with van der Waals surface area (Å²) in [6.07, 6.45) is 8.13. The van der Waals surface area contributed by atoms with E-state index in [0.717, 1.165) is 41.3 Å². The summed E-state index contributed by atoms with van der Waals surface area (Å²) in [5.74, 6) is -0.0894. The first kappa shape index (κ1) is 17.0. The maximum absolute atomic E-state index is 12.6. The third kappa shape index (κ3) is 3.34. The first-order chi connectivity index (χ1) is 12.0. The van der Waals surface area contributed by atoms with E-state index in [1.165, 1.54) is 5.57 Å². The van der Waals surface area contributed by atoms with E-state index in [9.17, 15) is 4.79 Å². The highest BCUT2D eigenvalue weighted by molar-refractivity contribution is 9.10. The average molecular weight is 403 g/mol. The Hall–Kier alpha value is -1.39. The average Bonchev–Trinajstić information content (AvgIpc) is 3.13. The summed E-state index contributed by atoms with van der Waals surface area (Å²) < 4.78 is 12.8. The summed E-state index contributed by atoms with van der Waals surface area (Å²) >= 11 is 3.50. The smallest absolute Gasteiger partial charge is 0.334 e. The van der Waals surface area contributed by atoms with E-state index < -0.39 is 0 Å². The van der Waals surface area contributed by atoms with Crippen LogP contribution in [0.1, 0.15) is 45.1 Å². The molecule has 2 aliphatic heterocycles. The van der Waals surface area contributed by atoms with Gasteiger partial charge in [-0.05, 0) is 63.3 Å². The maximum Gasteiger partial charge on any atom is 0.334 e. The standard InChI is InChI=1S/C21H23BrO3/c1-13-5-4-10-21(2)19(25-21)18-16(9-8-13)17(20(23)24-18)12-14-6-3-7-15(22)11-14/h3,5-7,11-12,16,18-19H,4,8-10H2,1-2H3/b13-5-,17-12-/t16-,18-,19-,21+/m0/s1. The molecule has 0 bridgehead atoms. The van der Waals surface area contributed by atoms with Gasteiger partial charge < -0.3 is 9.47 Å². The van der Waals surface area contributed by atoms with Crippen molar-refractivity contribution in [1.82, 2.24) is 0 Å². The fraction of sp³-hybridized carbons (Fsp3) is 0.476.